The number of ether oxygens (including phenoxy) is 1. The van der Waals surface area contributed by atoms with E-state index in [2.05, 4.69) is 45.9 Å². The number of nitrogens with zero attached hydrogens (tertiary/aromatic N) is 5. The fourth-order valence-corrected chi connectivity index (χ4v) is 3.84. The quantitative estimate of drug-likeness (QED) is 0.626. The van der Waals surface area contributed by atoms with Crippen LogP contribution >= 0.6 is 0 Å². The van der Waals surface area contributed by atoms with Gasteiger partial charge in [-0.1, -0.05) is 13.8 Å². The zero-order chi connectivity index (χ0) is 19.7. The molecule has 28 heavy (non-hydrogen) atoms. The number of rotatable bonds is 5. The molecular formula is C20H25N5O3. The van der Waals surface area contributed by atoms with E-state index in [9.17, 15) is 4.79 Å². The number of aryl methyl sites for hydroxylation is 1. The molecule has 3 aromatic rings. The van der Waals surface area contributed by atoms with Crippen molar-refractivity contribution in [3.05, 3.63) is 36.2 Å². The normalized spacial score (nSPS) is 19.9. The third kappa shape index (κ3) is 3.34. The van der Waals surface area contributed by atoms with E-state index in [0.717, 1.165) is 48.5 Å². The van der Waals surface area contributed by atoms with Gasteiger partial charge < -0.3 is 14.1 Å². The number of piperidine rings is 1. The summed E-state index contributed by atoms with van der Waals surface area (Å²) in [6.07, 6.45) is 6.21. The van der Waals surface area contributed by atoms with Crippen LogP contribution in [0.4, 0.5) is 5.82 Å². The molecule has 4 heterocycles. The van der Waals surface area contributed by atoms with E-state index >= 15 is 0 Å². The maximum absolute atomic E-state index is 11.7. The third-order valence-electron chi connectivity index (χ3n) is 5.42. The van der Waals surface area contributed by atoms with Gasteiger partial charge in [0, 0.05) is 13.0 Å². The molecule has 4 rings (SSSR count). The minimum atomic E-state index is -0.363. The van der Waals surface area contributed by atoms with Crippen molar-refractivity contribution in [1.29, 1.82) is 0 Å². The number of carbonyl (C=O) groups excluding carboxylic acids is 1. The van der Waals surface area contributed by atoms with Crippen LogP contribution in [0.15, 0.2) is 29.1 Å². The van der Waals surface area contributed by atoms with E-state index in [-0.39, 0.29) is 18.6 Å². The Labute approximate surface area is 163 Å². The number of esters is 1. The summed E-state index contributed by atoms with van der Waals surface area (Å²) in [6.45, 7) is 5.27. The van der Waals surface area contributed by atoms with Gasteiger partial charge in [-0.2, -0.15) is 5.10 Å². The molecule has 8 heteroatoms. The zero-order valence-electron chi connectivity index (χ0n) is 16.5. The highest BCUT2D eigenvalue weighted by molar-refractivity contribution is 5.87. The molecule has 148 valence electrons. The molecule has 0 aliphatic carbocycles. The summed E-state index contributed by atoms with van der Waals surface area (Å²) in [5, 5.41) is 5.16. The lowest BCUT2D eigenvalue weighted by Gasteiger charge is -2.38. The van der Waals surface area contributed by atoms with Gasteiger partial charge in [0.1, 0.15) is 30.2 Å². The van der Waals surface area contributed by atoms with Crippen molar-refractivity contribution < 1.29 is 13.9 Å². The second-order valence-electron chi connectivity index (χ2n) is 7.31. The smallest absolute Gasteiger partial charge is 0.327 e. The first-order chi connectivity index (χ1) is 13.6. The predicted molar refractivity (Wildman–Crippen MR) is 104 cm³/mol. The van der Waals surface area contributed by atoms with E-state index in [1.54, 1.807) is 10.9 Å². The Morgan fingerprint density at radius 1 is 1.36 bits per heavy atom. The van der Waals surface area contributed by atoms with Crippen LogP contribution in [0.1, 0.15) is 44.3 Å². The van der Waals surface area contributed by atoms with Crippen LogP contribution in [0, 0.1) is 5.92 Å². The Morgan fingerprint density at radius 2 is 2.21 bits per heavy atom. The number of anilines is 1. The van der Waals surface area contributed by atoms with Crippen molar-refractivity contribution in [2.75, 3.05) is 18.6 Å². The molecule has 0 amide bonds. The van der Waals surface area contributed by atoms with Crippen LogP contribution < -0.4 is 4.90 Å². The SMILES string of the molecule is CCc1ccc(C2CC(C)CCN2c2ncnc3c2cnn3CC(=O)OC)o1. The molecule has 0 radical (unpaired) electrons. The van der Waals surface area contributed by atoms with Gasteiger partial charge in [0.05, 0.1) is 24.7 Å². The number of furan rings is 1. The predicted octanol–water partition coefficient (Wildman–Crippen LogP) is 3.13. The molecule has 0 bridgehead atoms. The van der Waals surface area contributed by atoms with Crippen LogP contribution in [0.25, 0.3) is 11.0 Å². The Morgan fingerprint density at radius 3 is 2.96 bits per heavy atom. The average molecular weight is 383 g/mol. The first-order valence-electron chi connectivity index (χ1n) is 9.69. The van der Waals surface area contributed by atoms with Crippen LogP contribution in [0.3, 0.4) is 0 Å². The molecule has 1 fully saturated rings. The van der Waals surface area contributed by atoms with Crippen LogP contribution in [-0.2, 0) is 22.5 Å². The molecule has 0 saturated carbocycles. The minimum absolute atomic E-state index is 0.0228. The van der Waals surface area contributed by atoms with Crippen LogP contribution in [-0.4, -0.2) is 39.4 Å². The lowest BCUT2D eigenvalue weighted by molar-refractivity contribution is -0.141. The highest BCUT2D eigenvalue weighted by Gasteiger charge is 2.32. The molecule has 8 nitrogen and oxygen atoms in total. The highest BCUT2D eigenvalue weighted by atomic mass is 16.5. The van der Waals surface area contributed by atoms with Gasteiger partial charge >= 0.3 is 5.97 Å². The number of hydrogen-bond donors (Lipinski definition) is 0. The van der Waals surface area contributed by atoms with E-state index in [4.69, 9.17) is 9.15 Å². The number of fused-ring (bicyclic) bond motifs is 1. The number of aromatic nitrogens is 4. The summed E-state index contributed by atoms with van der Waals surface area (Å²) in [5.74, 6) is 3.03. The van der Waals surface area contributed by atoms with E-state index in [1.165, 1.54) is 13.4 Å². The molecule has 1 saturated heterocycles. The average Bonchev–Trinajstić information content (AvgIpc) is 3.35. The fraction of sp³-hybridized carbons (Fsp3) is 0.500. The van der Waals surface area contributed by atoms with Gasteiger partial charge in [0.25, 0.3) is 0 Å². The lowest BCUT2D eigenvalue weighted by atomic mass is 9.91. The van der Waals surface area contributed by atoms with Crippen LogP contribution in [0.5, 0.6) is 0 Å². The summed E-state index contributed by atoms with van der Waals surface area (Å²) in [5.41, 5.74) is 0.626. The Hall–Kier alpha value is -2.90. The Kier molecular flexibility index (Phi) is 5.02. The monoisotopic (exact) mass is 383 g/mol. The molecule has 1 aliphatic heterocycles. The second-order valence-corrected chi connectivity index (χ2v) is 7.31. The van der Waals surface area contributed by atoms with Crippen molar-refractivity contribution in [1.82, 2.24) is 19.7 Å². The van der Waals surface area contributed by atoms with Crippen LogP contribution in [0.2, 0.25) is 0 Å². The summed E-state index contributed by atoms with van der Waals surface area (Å²) < 4.78 is 12.4. The molecule has 0 spiro atoms. The van der Waals surface area contributed by atoms with Crippen molar-refractivity contribution in [3.8, 4) is 0 Å². The first-order valence-corrected chi connectivity index (χ1v) is 9.69. The molecule has 3 aromatic heterocycles. The summed E-state index contributed by atoms with van der Waals surface area (Å²) in [6, 6.07) is 4.25. The second kappa shape index (κ2) is 7.61. The van der Waals surface area contributed by atoms with Crippen molar-refractivity contribution in [3.63, 3.8) is 0 Å². The summed E-state index contributed by atoms with van der Waals surface area (Å²) in [7, 11) is 1.36. The van der Waals surface area contributed by atoms with Crippen molar-refractivity contribution in [2.45, 2.75) is 45.7 Å². The molecule has 0 aromatic carbocycles. The minimum Gasteiger partial charge on any atom is -0.468 e. The zero-order valence-corrected chi connectivity index (χ0v) is 16.5. The highest BCUT2D eigenvalue weighted by Crippen LogP contribution is 2.39. The number of methoxy groups -OCH3 is 1. The van der Waals surface area contributed by atoms with Gasteiger partial charge in [0.15, 0.2) is 5.65 Å². The molecule has 2 atom stereocenters. The fourth-order valence-electron chi connectivity index (χ4n) is 3.84. The largest absolute Gasteiger partial charge is 0.468 e. The standard InChI is InChI=1S/C20H25N5O3/c1-4-14-5-6-17(28-14)16-9-13(2)7-8-24(16)19-15-10-23-25(11-18(26)27-3)20(15)22-12-21-19/h5-6,10,12-13,16H,4,7-9,11H2,1-3H3. The van der Waals surface area contributed by atoms with Gasteiger partial charge in [-0.15, -0.1) is 0 Å². The van der Waals surface area contributed by atoms with Crippen molar-refractivity contribution >= 4 is 22.8 Å². The lowest BCUT2D eigenvalue weighted by Crippen LogP contribution is -2.36. The van der Waals surface area contributed by atoms with Gasteiger partial charge in [-0.25, -0.2) is 14.6 Å². The Balaban J connectivity index is 1.73. The number of hydrogen-bond acceptors (Lipinski definition) is 7. The van der Waals surface area contributed by atoms with Crippen molar-refractivity contribution in [2.24, 2.45) is 5.92 Å². The molecule has 0 N–H and O–H groups in total. The van der Waals surface area contributed by atoms with Gasteiger partial charge in [0.2, 0.25) is 0 Å². The first kappa shape index (κ1) is 18.5. The Bertz CT molecular complexity index is 979. The van der Waals surface area contributed by atoms with Gasteiger partial charge in [-0.3, -0.25) is 4.79 Å². The molecule has 2 unspecified atom stereocenters. The van der Waals surface area contributed by atoms with E-state index < -0.39 is 0 Å². The maximum atomic E-state index is 11.7. The summed E-state index contributed by atoms with van der Waals surface area (Å²) >= 11 is 0. The molecular weight excluding hydrogens is 358 g/mol. The number of carbonyl (C=O) groups is 1. The van der Waals surface area contributed by atoms with E-state index in [0.29, 0.717) is 11.6 Å². The topological polar surface area (TPSA) is 86.3 Å². The third-order valence-corrected chi connectivity index (χ3v) is 5.42. The van der Waals surface area contributed by atoms with Gasteiger partial charge in [-0.05, 0) is 30.9 Å². The summed E-state index contributed by atoms with van der Waals surface area (Å²) in [4.78, 5) is 22.9. The van der Waals surface area contributed by atoms with E-state index in [1.807, 2.05) is 0 Å². The maximum Gasteiger partial charge on any atom is 0.327 e. The molecule has 1 aliphatic rings.